The van der Waals surface area contributed by atoms with Crippen molar-refractivity contribution in [2.75, 3.05) is 13.2 Å². The summed E-state index contributed by atoms with van der Waals surface area (Å²) in [5.41, 5.74) is 0. The van der Waals surface area contributed by atoms with Crippen molar-refractivity contribution in [3.05, 3.63) is 11.0 Å². The topological polar surface area (TPSA) is 38.8 Å². The van der Waals surface area contributed by atoms with Crippen LogP contribution in [0.3, 0.4) is 0 Å². The molecule has 2 aliphatic heterocycles. The summed E-state index contributed by atoms with van der Waals surface area (Å²) in [6.45, 7) is 6.71. The molecule has 0 saturated carbocycles. The van der Waals surface area contributed by atoms with E-state index < -0.39 is 5.79 Å². The average molecular weight is 273 g/mol. The fourth-order valence-corrected chi connectivity index (χ4v) is 3.16. The van der Waals surface area contributed by atoms with Crippen LogP contribution < -0.4 is 0 Å². The van der Waals surface area contributed by atoms with E-state index in [9.17, 15) is 4.79 Å². The Balaban J connectivity index is 2.09. The Labute approximate surface area is 110 Å². The van der Waals surface area contributed by atoms with Crippen molar-refractivity contribution in [3.8, 4) is 0 Å². The molecule has 2 aliphatic rings. The van der Waals surface area contributed by atoms with Gasteiger partial charge in [-0.15, -0.1) is 0 Å². The van der Waals surface area contributed by atoms with E-state index in [0.717, 1.165) is 0 Å². The molecule has 0 bridgehead atoms. The summed E-state index contributed by atoms with van der Waals surface area (Å²) in [5, 5.41) is 0. The molecule has 17 heavy (non-hydrogen) atoms. The number of hydrogen-bond donors (Lipinski definition) is 0. The molecule has 6 heteroatoms. The Kier molecular flexibility index (Phi) is 3.58. The maximum absolute atomic E-state index is 11.9. The van der Waals surface area contributed by atoms with E-state index >= 15 is 0 Å². The van der Waals surface area contributed by atoms with Gasteiger partial charge in [0.1, 0.15) is 10.4 Å². The summed E-state index contributed by atoms with van der Waals surface area (Å²) in [7, 11) is 0. The smallest absolute Gasteiger partial charge is 0.265 e. The van der Waals surface area contributed by atoms with E-state index in [-0.39, 0.29) is 12.0 Å². The Morgan fingerprint density at radius 3 is 2.82 bits per heavy atom. The monoisotopic (exact) mass is 273 g/mol. The molecule has 2 saturated heterocycles. The number of carbonyl (C=O) groups is 1. The maximum Gasteiger partial charge on any atom is 0.265 e. The number of hydrogen-bond acceptors (Lipinski definition) is 5. The fourth-order valence-electron chi connectivity index (χ4n) is 1.75. The predicted octanol–water partition coefficient (Wildman–Crippen LogP) is 1.90. The number of rotatable bonds is 2. The van der Waals surface area contributed by atoms with Crippen LogP contribution in [0.1, 0.15) is 20.8 Å². The molecule has 0 N–H and O–H groups in total. The lowest BCUT2D eigenvalue weighted by molar-refractivity contribution is -0.133. The molecular formula is C11H15NO3S2. The van der Waals surface area contributed by atoms with E-state index in [1.807, 2.05) is 26.8 Å². The zero-order valence-corrected chi connectivity index (χ0v) is 11.7. The van der Waals surface area contributed by atoms with Gasteiger partial charge < -0.3 is 9.47 Å². The molecule has 0 radical (unpaired) electrons. The number of thiocarbonyl (C=S) groups is 1. The summed E-state index contributed by atoms with van der Waals surface area (Å²) < 4.78 is 11.7. The van der Waals surface area contributed by atoms with Crippen molar-refractivity contribution >= 4 is 34.2 Å². The number of ether oxygens (including phenoxy) is 2. The second-order valence-corrected chi connectivity index (χ2v) is 5.99. The standard InChI is InChI=1S/C11H15NO3S2/c1-4-12-9(13)8(17-10(12)16)5-7-6-14-11(2,3)15-7/h5,7H,4,6H2,1-3H3/b8-5-. The van der Waals surface area contributed by atoms with Gasteiger partial charge >= 0.3 is 0 Å². The van der Waals surface area contributed by atoms with E-state index in [1.54, 1.807) is 4.90 Å². The van der Waals surface area contributed by atoms with Crippen molar-refractivity contribution in [1.82, 2.24) is 4.90 Å². The lowest BCUT2D eigenvalue weighted by atomic mass is 10.3. The van der Waals surface area contributed by atoms with Crippen LogP contribution >= 0.6 is 24.0 Å². The first-order valence-corrected chi connectivity index (χ1v) is 6.72. The van der Waals surface area contributed by atoms with E-state index in [0.29, 0.717) is 22.4 Å². The molecule has 0 aromatic heterocycles. The number of carbonyl (C=O) groups excluding carboxylic acids is 1. The van der Waals surface area contributed by atoms with Crippen LogP contribution in [0.2, 0.25) is 0 Å². The first-order valence-electron chi connectivity index (χ1n) is 5.50. The predicted molar refractivity (Wildman–Crippen MR) is 70.6 cm³/mol. The Bertz CT molecular complexity index is 392. The quantitative estimate of drug-likeness (QED) is 0.567. The molecule has 0 aliphatic carbocycles. The molecule has 1 unspecified atom stereocenters. The average Bonchev–Trinajstić information content (AvgIpc) is 2.69. The highest BCUT2D eigenvalue weighted by atomic mass is 32.2. The zero-order valence-electron chi connectivity index (χ0n) is 10.1. The van der Waals surface area contributed by atoms with E-state index in [1.165, 1.54) is 11.8 Å². The minimum atomic E-state index is -0.570. The van der Waals surface area contributed by atoms with Gasteiger partial charge in [-0.1, -0.05) is 24.0 Å². The highest BCUT2D eigenvalue weighted by Crippen LogP contribution is 2.33. The first kappa shape index (κ1) is 13.0. The van der Waals surface area contributed by atoms with Gasteiger partial charge in [-0.2, -0.15) is 0 Å². The van der Waals surface area contributed by atoms with Crippen LogP contribution in [0.15, 0.2) is 11.0 Å². The maximum atomic E-state index is 11.9. The summed E-state index contributed by atoms with van der Waals surface area (Å²) in [6.07, 6.45) is 1.64. The molecule has 1 amide bonds. The van der Waals surface area contributed by atoms with Crippen molar-refractivity contribution in [3.63, 3.8) is 0 Å². The van der Waals surface area contributed by atoms with Gasteiger partial charge in [0, 0.05) is 6.54 Å². The van der Waals surface area contributed by atoms with Crippen molar-refractivity contribution in [1.29, 1.82) is 0 Å². The molecule has 1 atom stereocenters. The molecule has 2 heterocycles. The summed E-state index contributed by atoms with van der Waals surface area (Å²) in [5.74, 6) is -0.602. The third-order valence-corrected chi connectivity index (χ3v) is 3.95. The number of nitrogens with zero attached hydrogens (tertiary/aromatic N) is 1. The Hall–Kier alpha value is -0.430. The lowest BCUT2D eigenvalue weighted by Crippen LogP contribution is -2.27. The molecule has 2 fully saturated rings. The highest BCUT2D eigenvalue weighted by Gasteiger charge is 2.35. The van der Waals surface area contributed by atoms with Crippen LogP contribution in [0, 0.1) is 0 Å². The zero-order chi connectivity index (χ0) is 12.6. The first-order chi connectivity index (χ1) is 7.93. The van der Waals surface area contributed by atoms with Gasteiger partial charge in [0.15, 0.2) is 5.79 Å². The van der Waals surface area contributed by atoms with E-state index in [2.05, 4.69) is 0 Å². The largest absolute Gasteiger partial charge is 0.347 e. The van der Waals surface area contributed by atoms with E-state index in [4.69, 9.17) is 21.7 Å². The minimum Gasteiger partial charge on any atom is -0.347 e. The Morgan fingerprint density at radius 2 is 2.35 bits per heavy atom. The van der Waals surface area contributed by atoms with Crippen LogP contribution in [0.25, 0.3) is 0 Å². The fraction of sp³-hybridized carbons (Fsp3) is 0.636. The highest BCUT2D eigenvalue weighted by molar-refractivity contribution is 8.26. The lowest BCUT2D eigenvalue weighted by Gasteiger charge is -2.15. The van der Waals surface area contributed by atoms with Crippen molar-refractivity contribution in [2.24, 2.45) is 0 Å². The number of amides is 1. The van der Waals surface area contributed by atoms with Crippen LogP contribution in [-0.4, -0.2) is 40.2 Å². The SMILES string of the molecule is CCN1C(=O)/C(=C/C2COC(C)(C)O2)SC1=S. The third-order valence-electron chi connectivity index (χ3n) is 2.56. The molecule has 0 aromatic rings. The second-order valence-electron chi connectivity index (χ2n) is 4.32. The number of likely N-dealkylation sites (N-methyl/N-ethyl adjacent to an activating group) is 1. The van der Waals surface area contributed by atoms with Gasteiger partial charge in [-0.05, 0) is 26.8 Å². The van der Waals surface area contributed by atoms with Gasteiger partial charge in [0.2, 0.25) is 0 Å². The van der Waals surface area contributed by atoms with Gasteiger partial charge in [0.25, 0.3) is 5.91 Å². The molecule has 0 aromatic carbocycles. The number of thioether (sulfide) groups is 1. The summed E-state index contributed by atoms with van der Waals surface area (Å²) in [6, 6.07) is 0. The molecule has 2 rings (SSSR count). The molecular weight excluding hydrogens is 258 g/mol. The van der Waals surface area contributed by atoms with Gasteiger partial charge in [-0.3, -0.25) is 9.69 Å². The van der Waals surface area contributed by atoms with Gasteiger partial charge in [0.05, 0.1) is 11.5 Å². The third kappa shape index (κ3) is 2.70. The second kappa shape index (κ2) is 4.68. The molecule has 4 nitrogen and oxygen atoms in total. The van der Waals surface area contributed by atoms with Crippen molar-refractivity contribution in [2.45, 2.75) is 32.7 Å². The molecule has 0 spiro atoms. The van der Waals surface area contributed by atoms with Gasteiger partial charge in [-0.25, -0.2) is 0 Å². The minimum absolute atomic E-state index is 0.0317. The molecule has 94 valence electrons. The van der Waals surface area contributed by atoms with Crippen molar-refractivity contribution < 1.29 is 14.3 Å². The summed E-state index contributed by atoms with van der Waals surface area (Å²) >= 11 is 6.46. The normalized spacial score (nSPS) is 30.6. The van der Waals surface area contributed by atoms with Crippen LogP contribution in [0.5, 0.6) is 0 Å². The summed E-state index contributed by atoms with van der Waals surface area (Å²) in [4.78, 5) is 14.2. The Morgan fingerprint density at radius 1 is 1.65 bits per heavy atom. The van der Waals surface area contributed by atoms with Crippen LogP contribution in [0.4, 0.5) is 0 Å². The van der Waals surface area contributed by atoms with Crippen LogP contribution in [-0.2, 0) is 14.3 Å².